The van der Waals surface area contributed by atoms with E-state index >= 15 is 0 Å². The molecule has 0 radical (unpaired) electrons. The average molecular weight is 223 g/mol. The van der Waals surface area contributed by atoms with Gasteiger partial charge in [-0.1, -0.05) is 0 Å². The van der Waals surface area contributed by atoms with Gasteiger partial charge in [0.05, 0.1) is 0 Å². The number of hydrogen-bond acceptors (Lipinski definition) is 1. The Morgan fingerprint density at radius 1 is 1.62 bits per heavy atom. The first-order chi connectivity index (χ1) is 3.79. The summed E-state index contributed by atoms with van der Waals surface area (Å²) in [4.78, 5) is 0. The minimum Gasteiger partial charge on any atom is -0.244 e. The van der Waals surface area contributed by atoms with Crippen LogP contribution in [0.15, 0.2) is 0 Å². The summed E-state index contributed by atoms with van der Waals surface area (Å²) in [5.74, 6) is 2.16. The van der Waals surface area contributed by atoms with Crippen LogP contribution in [-0.2, 0) is 0 Å². The van der Waals surface area contributed by atoms with Crippen molar-refractivity contribution in [1.82, 2.24) is 3.11 Å². The van der Waals surface area contributed by atoms with E-state index in [1.54, 1.807) is 0 Å². The predicted molar refractivity (Wildman–Crippen MR) is 41.8 cm³/mol. The SMILES string of the molecule is C[C@H]1[C@@H]2C[C@@H]2CN1I. The third-order valence-electron chi connectivity index (χ3n) is 2.45. The summed E-state index contributed by atoms with van der Waals surface area (Å²) in [5, 5.41) is 0. The smallest absolute Gasteiger partial charge is 0.0204 e. The first-order valence-electron chi connectivity index (χ1n) is 3.21. The average Bonchev–Trinajstić information content (AvgIpc) is 2.39. The standard InChI is InChI=1S/C6H10IN/c1-4-6-2-5(6)3-8(4)7/h4-6H,2-3H2,1H3/t4-,5+,6-/m0/s1. The quantitative estimate of drug-likeness (QED) is 0.446. The normalized spacial score (nSPS) is 54.0. The van der Waals surface area contributed by atoms with Crippen molar-refractivity contribution in [1.29, 1.82) is 0 Å². The maximum Gasteiger partial charge on any atom is 0.0204 e. The first-order valence-corrected chi connectivity index (χ1v) is 4.18. The second-order valence-corrected chi connectivity index (χ2v) is 4.22. The summed E-state index contributed by atoms with van der Waals surface area (Å²) in [6.45, 7) is 3.69. The summed E-state index contributed by atoms with van der Waals surface area (Å²) in [6.07, 6.45) is 1.51. The largest absolute Gasteiger partial charge is 0.244 e. The zero-order valence-corrected chi connectivity index (χ0v) is 7.13. The number of halogens is 1. The van der Waals surface area contributed by atoms with Gasteiger partial charge < -0.3 is 0 Å². The van der Waals surface area contributed by atoms with Crippen LogP contribution in [0.4, 0.5) is 0 Å². The lowest BCUT2D eigenvalue weighted by Crippen LogP contribution is -2.19. The molecule has 0 bridgehead atoms. The van der Waals surface area contributed by atoms with Crippen molar-refractivity contribution in [3.05, 3.63) is 0 Å². The van der Waals surface area contributed by atoms with Crippen molar-refractivity contribution in [2.24, 2.45) is 11.8 Å². The number of hydrogen-bond donors (Lipinski definition) is 0. The van der Waals surface area contributed by atoms with Gasteiger partial charge in [-0.15, -0.1) is 0 Å². The Kier molecular flexibility index (Phi) is 1.09. The van der Waals surface area contributed by atoms with E-state index in [2.05, 4.69) is 32.9 Å². The van der Waals surface area contributed by atoms with Gasteiger partial charge >= 0.3 is 0 Å². The van der Waals surface area contributed by atoms with Crippen LogP contribution in [0, 0.1) is 11.8 Å². The Labute approximate surface area is 63.9 Å². The molecule has 2 heteroatoms. The summed E-state index contributed by atoms with van der Waals surface area (Å²) in [5.41, 5.74) is 0. The molecule has 3 atom stereocenters. The molecule has 8 heavy (non-hydrogen) atoms. The van der Waals surface area contributed by atoms with Gasteiger partial charge in [-0.05, 0) is 25.2 Å². The van der Waals surface area contributed by atoms with Crippen LogP contribution >= 0.6 is 22.9 Å². The lowest BCUT2D eigenvalue weighted by Gasteiger charge is -2.14. The van der Waals surface area contributed by atoms with Gasteiger partial charge in [0.2, 0.25) is 0 Å². The maximum atomic E-state index is 2.44. The molecule has 1 aliphatic carbocycles. The molecule has 1 heterocycles. The van der Waals surface area contributed by atoms with Crippen LogP contribution in [0.3, 0.4) is 0 Å². The van der Waals surface area contributed by atoms with E-state index in [0.29, 0.717) is 0 Å². The van der Waals surface area contributed by atoms with Gasteiger partial charge in [0.25, 0.3) is 0 Å². The zero-order chi connectivity index (χ0) is 5.72. The molecule has 1 saturated heterocycles. The van der Waals surface area contributed by atoms with E-state index in [0.717, 1.165) is 17.9 Å². The van der Waals surface area contributed by atoms with Gasteiger partial charge in [-0.2, -0.15) is 0 Å². The lowest BCUT2D eigenvalue weighted by molar-refractivity contribution is 0.439. The van der Waals surface area contributed by atoms with Crippen molar-refractivity contribution in [2.45, 2.75) is 19.4 Å². The third-order valence-corrected chi connectivity index (χ3v) is 3.72. The van der Waals surface area contributed by atoms with Gasteiger partial charge in [0.1, 0.15) is 0 Å². The minimum atomic E-state index is 0.876. The van der Waals surface area contributed by atoms with Crippen LogP contribution in [0.1, 0.15) is 13.3 Å². The summed E-state index contributed by atoms with van der Waals surface area (Å²) < 4.78 is 2.44. The summed E-state index contributed by atoms with van der Waals surface area (Å²) >= 11 is 2.44. The molecular weight excluding hydrogens is 213 g/mol. The zero-order valence-electron chi connectivity index (χ0n) is 4.97. The van der Waals surface area contributed by atoms with Crippen molar-refractivity contribution in [2.75, 3.05) is 6.54 Å². The van der Waals surface area contributed by atoms with E-state index in [9.17, 15) is 0 Å². The number of nitrogens with zero attached hydrogens (tertiary/aromatic N) is 1. The molecule has 1 nitrogen and oxygen atoms in total. The molecule has 2 fully saturated rings. The summed E-state index contributed by atoms with van der Waals surface area (Å²) in [7, 11) is 0. The van der Waals surface area contributed by atoms with E-state index in [-0.39, 0.29) is 0 Å². The summed E-state index contributed by atoms with van der Waals surface area (Å²) in [6, 6.07) is 0.876. The fraction of sp³-hybridized carbons (Fsp3) is 1.00. The second kappa shape index (κ2) is 1.59. The topological polar surface area (TPSA) is 3.24 Å². The Hall–Kier alpha value is 0.690. The van der Waals surface area contributed by atoms with Gasteiger partial charge in [0, 0.05) is 35.5 Å². The van der Waals surface area contributed by atoms with Gasteiger partial charge in [0.15, 0.2) is 0 Å². The molecule has 46 valence electrons. The molecule has 2 rings (SSSR count). The molecule has 2 aliphatic rings. The fourth-order valence-corrected chi connectivity index (χ4v) is 2.59. The van der Waals surface area contributed by atoms with Crippen molar-refractivity contribution < 1.29 is 0 Å². The Morgan fingerprint density at radius 3 is 2.62 bits per heavy atom. The highest BCUT2D eigenvalue weighted by atomic mass is 127. The molecule has 1 saturated carbocycles. The molecule has 0 amide bonds. The van der Waals surface area contributed by atoms with Crippen molar-refractivity contribution >= 4 is 22.9 Å². The molecule has 1 aliphatic heterocycles. The molecular formula is C6H10IN. The van der Waals surface area contributed by atoms with E-state index in [1.165, 1.54) is 13.0 Å². The molecule has 0 unspecified atom stereocenters. The third kappa shape index (κ3) is 0.620. The highest BCUT2D eigenvalue weighted by Crippen LogP contribution is 2.50. The predicted octanol–water partition coefficient (Wildman–Crippen LogP) is 1.68. The molecule has 0 aromatic rings. The van der Waals surface area contributed by atoms with E-state index in [4.69, 9.17) is 0 Å². The molecule has 0 aromatic heterocycles. The van der Waals surface area contributed by atoms with Crippen LogP contribution in [0.5, 0.6) is 0 Å². The van der Waals surface area contributed by atoms with Crippen molar-refractivity contribution in [3.8, 4) is 0 Å². The lowest BCUT2D eigenvalue weighted by atomic mass is 10.2. The number of piperidine rings is 1. The highest BCUT2D eigenvalue weighted by molar-refractivity contribution is 14.1. The number of fused-ring (bicyclic) bond motifs is 1. The van der Waals surface area contributed by atoms with E-state index in [1.807, 2.05) is 0 Å². The maximum absolute atomic E-state index is 2.44. The van der Waals surface area contributed by atoms with Gasteiger partial charge in [-0.25, -0.2) is 3.11 Å². The molecule has 0 spiro atoms. The van der Waals surface area contributed by atoms with Crippen LogP contribution in [0.25, 0.3) is 0 Å². The van der Waals surface area contributed by atoms with Crippen molar-refractivity contribution in [3.63, 3.8) is 0 Å². The minimum absolute atomic E-state index is 0.876. The Morgan fingerprint density at radius 2 is 2.38 bits per heavy atom. The first kappa shape index (κ1) is 5.47. The Bertz CT molecular complexity index is 113. The van der Waals surface area contributed by atoms with Gasteiger partial charge in [-0.3, -0.25) is 0 Å². The van der Waals surface area contributed by atoms with Crippen LogP contribution in [-0.4, -0.2) is 15.7 Å². The number of rotatable bonds is 0. The fourth-order valence-electron chi connectivity index (χ4n) is 1.67. The van der Waals surface area contributed by atoms with Crippen LogP contribution in [0.2, 0.25) is 0 Å². The van der Waals surface area contributed by atoms with Crippen LogP contribution < -0.4 is 0 Å². The molecule has 0 N–H and O–H groups in total. The monoisotopic (exact) mass is 223 g/mol. The highest BCUT2D eigenvalue weighted by Gasteiger charge is 2.49. The molecule has 0 aromatic carbocycles. The Balaban J connectivity index is 2.08. The van der Waals surface area contributed by atoms with E-state index < -0.39 is 0 Å². The second-order valence-electron chi connectivity index (χ2n) is 2.98.